The fourth-order valence-corrected chi connectivity index (χ4v) is 3.57. The lowest BCUT2D eigenvalue weighted by atomic mass is 9.99. The molecule has 0 fully saturated rings. The molecule has 0 unspecified atom stereocenters. The third-order valence-corrected chi connectivity index (χ3v) is 5.16. The lowest BCUT2D eigenvalue weighted by Crippen LogP contribution is -2.24. The van der Waals surface area contributed by atoms with E-state index in [1.807, 2.05) is 6.92 Å². The molecule has 9 nitrogen and oxygen atoms in total. The van der Waals surface area contributed by atoms with Crippen LogP contribution in [0.15, 0.2) is 27.4 Å². The van der Waals surface area contributed by atoms with Crippen LogP contribution in [0.2, 0.25) is 0 Å². The number of ether oxygens (including phenoxy) is 2. The van der Waals surface area contributed by atoms with Crippen LogP contribution in [0.25, 0.3) is 21.9 Å². The van der Waals surface area contributed by atoms with Crippen LogP contribution in [0.4, 0.5) is 5.69 Å². The second kappa shape index (κ2) is 9.81. The van der Waals surface area contributed by atoms with E-state index in [4.69, 9.17) is 13.9 Å². The third kappa shape index (κ3) is 4.57. The van der Waals surface area contributed by atoms with E-state index < -0.39 is 17.4 Å². The van der Waals surface area contributed by atoms with Crippen molar-refractivity contribution in [1.29, 1.82) is 0 Å². The standard InChI is InChI=1S/C24H26N2O7/c1-6-9-14-21-15(10-16-19(28)12-20(33-22(14)16)24(30)32-8-3)18(26(5)13(4)27)11-17(25-21)23(29)31-7-2/h10-12H,6-9H2,1-5H3. The molecule has 0 saturated heterocycles. The molecule has 0 atom stereocenters. The minimum absolute atomic E-state index is 0.0213. The Morgan fingerprint density at radius 3 is 2.27 bits per heavy atom. The van der Waals surface area contributed by atoms with Crippen LogP contribution < -0.4 is 10.3 Å². The number of esters is 2. The Bertz CT molecular complexity index is 1310. The number of nitrogens with zero attached hydrogens (tertiary/aromatic N) is 2. The van der Waals surface area contributed by atoms with Crippen molar-refractivity contribution in [2.24, 2.45) is 0 Å². The van der Waals surface area contributed by atoms with Crippen LogP contribution in [0, 0.1) is 0 Å². The number of carbonyl (C=O) groups excluding carboxylic acids is 3. The van der Waals surface area contributed by atoms with E-state index in [0.717, 1.165) is 6.07 Å². The molecule has 2 heterocycles. The maximum absolute atomic E-state index is 12.9. The maximum atomic E-state index is 12.9. The zero-order chi connectivity index (χ0) is 24.3. The zero-order valence-electron chi connectivity index (χ0n) is 19.3. The number of benzene rings is 1. The van der Waals surface area contributed by atoms with E-state index >= 15 is 0 Å². The topological polar surface area (TPSA) is 116 Å². The summed E-state index contributed by atoms with van der Waals surface area (Å²) in [6, 6.07) is 4.13. The summed E-state index contributed by atoms with van der Waals surface area (Å²) in [6.07, 6.45) is 1.12. The van der Waals surface area contributed by atoms with Gasteiger partial charge in [-0.3, -0.25) is 9.59 Å². The Morgan fingerprint density at radius 1 is 1.00 bits per heavy atom. The highest BCUT2D eigenvalue weighted by atomic mass is 16.5. The third-order valence-electron chi connectivity index (χ3n) is 5.16. The molecule has 1 aromatic carbocycles. The molecule has 2 aromatic heterocycles. The number of anilines is 1. The number of hydrogen-bond donors (Lipinski definition) is 0. The number of fused-ring (bicyclic) bond motifs is 2. The van der Waals surface area contributed by atoms with Gasteiger partial charge in [0.25, 0.3) is 0 Å². The molecule has 33 heavy (non-hydrogen) atoms. The average molecular weight is 454 g/mol. The van der Waals surface area contributed by atoms with E-state index in [1.165, 1.54) is 17.9 Å². The van der Waals surface area contributed by atoms with Gasteiger partial charge < -0.3 is 18.8 Å². The van der Waals surface area contributed by atoms with Crippen molar-refractivity contribution in [1.82, 2.24) is 4.98 Å². The molecule has 0 spiro atoms. The number of rotatable bonds is 7. The molecule has 0 radical (unpaired) electrons. The Kier molecular flexibility index (Phi) is 7.10. The highest BCUT2D eigenvalue weighted by Gasteiger charge is 2.23. The van der Waals surface area contributed by atoms with Crippen molar-refractivity contribution < 1.29 is 28.3 Å². The van der Waals surface area contributed by atoms with Gasteiger partial charge in [0, 0.05) is 31.0 Å². The zero-order valence-corrected chi connectivity index (χ0v) is 19.3. The number of carbonyl (C=O) groups is 3. The number of aromatic nitrogens is 1. The smallest absolute Gasteiger partial charge is 0.374 e. The van der Waals surface area contributed by atoms with Crippen LogP contribution in [0.3, 0.4) is 0 Å². The first-order chi connectivity index (χ1) is 15.7. The minimum Gasteiger partial charge on any atom is -0.461 e. The van der Waals surface area contributed by atoms with E-state index in [2.05, 4.69) is 4.98 Å². The number of pyridine rings is 1. The summed E-state index contributed by atoms with van der Waals surface area (Å²) < 4.78 is 15.9. The molecule has 9 heteroatoms. The van der Waals surface area contributed by atoms with Gasteiger partial charge in [0.15, 0.2) is 11.1 Å². The molecule has 3 aromatic rings. The predicted octanol–water partition coefficient (Wildman–Crippen LogP) is 3.63. The van der Waals surface area contributed by atoms with Gasteiger partial charge in [-0.1, -0.05) is 13.3 Å². The second-order valence-corrected chi connectivity index (χ2v) is 7.40. The Morgan fingerprint density at radius 2 is 1.67 bits per heavy atom. The lowest BCUT2D eigenvalue weighted by molar-refractivity contribution is -0.116. The molecular weight excluding hydrogens is 428 g/mol. The van der Waals surface area contributed by atoms with E-state index in [1.54, 1.807) is 27.0 Å². The predicted molar refractivity (Wildman–Crippen MR) is 123 cm³/mol. The molecule has 3 rings (SSSR count). The summed E-state index contributed by atoms with van der Waals surface area (Å²) in [5.74, 6) is -1.86. The highest BCUT2D eigenvalue weighted by Crippen LogP contribution is 2.34. The van der Waals surface area contributed by atoms with Gasteiger partial charge in [0.05, 0.1) is 29.8 Å². The van der Waals surface area contributed by atoms with E-state index in [-0.39, 0.29) is 41.5 Å². The van der Waals surface area contributed by atoms with Gasteiger partial charge in [0.1, 0.15) is 5.58 Å². The van der Waals surface area contributed by atoms with E-state index in [0.29, 0.717) is 35.0 Å². The van der Waals surface area contributed by atoms with Crippen molar-refractivity contribution in [3.63, 3.8) is 0 Å². The molecule has 174 valence electrons. The minimum atomic E-state index is -0.746. The maximum Gasteiger partial charge on any atom is 0.374 e. The Labute approximate surface area is 190 Å². The molecule has 0 N–H and O–H groups in total. The number of hydrogen-bond acceptors (Lipinski definition) is 8. The lowest BCUT2D eigenvalue weighted by Gasteiger charge is -2.20. The van der Waals surface area contributed by atoms with Crippen molar-refractivity contribution in [3.05, 3.63) is 45.4 Å². The molecule has 0 saturated carbocycles. The van der Waals surface area contributed by atoms with Crippen LogP contribution >= 0.6 is 0 Å². The summed E-state index contributed by atoms with van der Waals surface area (Å²) in [5, 5.41) is 0.746. The first kappa shape index (κ1) is 23.9. The van der Waals surface area contributed by atoms with Crippen molar-refractivity contribution in [2.45, 2.75) is 40.5 Å². The van der Waals surface area contributed by atoms with Gasteiger partial charge in [-0.25, -0.2) is 14.6 Å². The van der Waals surface area contributed by atoms with Crippen LogP contribution in [-0.2, 0) is 20.7 Å². The SMILES string of the molecule is CCCc1c2nc(C(=O)OCC)cc(N(C)C(C)=O)c2cc2c(=O)cc(C(=O)OCC)oc12. The van der Waals surface area contributed by atoms with Gasteiger partial charge in [-0.05, 0) is 32.4 Å². The number of amides is 1. The van der Waals surface area contributed by atoms with Gasteiger partial charge in [-0.15, -0.1) is 0 Å². The monoisotopic (exact) mass is 454 g/mol. The molecule has 0 bridgehead atoms. The summed E-state index contributed by atoms with van der Waals surface area (Å²) in [6.45, 7) is 6.96. The molecule has 0 aliphatic rings. The second-order valence-electron chi connectivity index (χ2n) is 7.40. The Hall–Kier alpha value is -3.75. The Balaban J connectivity index is 2.48. The fraction of sp³-hybridized carbons (Fsp3) is 0.375. The fourth-order valence-electron chi connectivity index (χ4n) is 3.57. The van der Waals surface area contributed by atoms with Gasteiger partial charge in [0.2, 0.25) is 11.7 Å². The van der Waals surface area contributed by atoms with Crippen LogP contribution in [0.5, 0.6) is 0 Å². The summed E-state index contributed by atoms with van der Waals surface area (Å²) >= 11 is 0. The molecule has 1 amide bonds. The van der Waals surface area contributed by atoms with Crippen molar-refractivity contribution in [2.75, 3.05) is 25.2 Å². The molecule has 0 aliphatic carbocycles. The number of aryl methyl sites for hydroxylation is 1. The quantitative estimate of drug-likeness (QED) is 0.392. The first-order valence-corrected chi connectivity index (χ1v) is 10.8. The van der Waals surface area contributed by atoms with Gasteiger partial charge >= 0.3 is 11.9 Å². The molecular formula is C24H26N2O7. The summed E-state index contributed by atoms with van der Waals surface area (Å²) in [4.78, 5) is 55.8. The van der Waals surface area contributed by atoms with Crippen molar-refractivity contribution >= 4 is 45.4 Å². The average Bonchev–Trinajstić information content (AvgIpc) is 2.78. The first-order valence-electron chi connectivity index (χ1n) is 10.8. The summed E-state index contributed by atoms with van der Waals surface area (Å²) in [7, 11) is 1.57. The van der Waals surface area contributed by atoms with Gasteiger partial charge in [-0.2, -0.15) is 0 Å². The van der Waals surface area contributed by atoms with Crippen molar-refractivity contribution in [3.8, 4) is 0 Å². The largest absolute Gasteiger partial charge is 0.461 e. The normalized spacial score (nSPS) is 10.9. The highest BCUT2D eigenvalue weighted by molar-refractivity contribution is 6.09. The van der Waals surface area contributed by atoms with Crippen LogP contribution in [-0.4, -0.2) is 43.1 Å². The van der Waals surface area contributed by atoms with Crippen LogP contribution in [0.1, 0.15) is 60.7 Å². The summed E-state index contributed by atoms with van der Waals surface area (Å²) in [5.41, 5.74) is 1.14. The van der Waals surface area contributed by atoms with E-state index in [9.17, 15) is 19.2 Å². The molecule has 0 aliphatic heterocycles.